The fourth-order valence-electron chi connectivity index (χ4n) is 4.92. The van der Waals surface area contributed by atoms with E-state index in [0.717, 1.165) is 61.1 Å². The molecule has 8 nitrogen and oxygen atoms in total. The second kappa shape index (κ2) is 10.4. The highest BCUT2D eigenvalue weighted by Gasteiger charge is 2.24. The summed E-state index contributed by atoms with van der Waals surface area (Å²) < 4.78 is 7.93. The van der Waals surface area contributed by atoms with Gasteiger partial charge in [0.2, 0.25) is 11.5 Å². The smallest absolute Gasteiger partial charge is 0.274 e. The van der Waals surface area contributed by atoms with Gasteiger partial charge in [-0.1, -0.05) is 31.9 Å². The zero-order valence-electron chi connectivity index (χ0n) is 19.4. The topological polar surface area (TPSA) is 99.9 Å². The van der Waals surface area contributed by atoms with E-state index in [-0.39, 0.29) is 24.1 Å². The summed E-state index contributed by atoms with van der Waals surface area (Å²) in [6.45, 7) is 7.27. The monoisotopic (exact) mass is 454 g/mol. The third-order valence-electron chi connectivity index (χ3n) is 6.75. The Morgan fingerprint density at radius 1 is 1.30 bits per heavy atom. The molecule has 0 radical (unpaired) electrons. The van der Waals surface area contributed by atoms with Crippen molar-refractivity contribution in [1.82, 2.24) is 14.5 Å². The number of H-pyrrole nitrogens is 1. The quantitative estimate of drug-likeness (QED) is 0.483. The lowest BCUT2D eigenvalue weighted by molar-refractivity contribution is -0.135. The lowest BCUT2D eigenvalue weighted by atomic mass is 9.94. The number of nitrogens with zero attached hydrogens (tertiary/aromatic N) is 3. The van der Waals surface area contributed by atoms with Crippen LogP contribution in [0.4, 0.5) is 5.69 Å². The number of aromatic amines is 1. The third-order valence-corrected chi connectivity index (χ3v) is 6.75. The SMILES string of the molecule is C=c1c(=O)[nH]c2n1Cc1c(ccc(C)c1OCCCCC(=O)N(CCO)C1CCCCC1)N=2. The van der Waals surface area contributed by atoms with Gasteiger partial charge in [-0.15, -0.1) is 0 Å². The summed E-state index contributed by atoms with van der Waals surface area (Å²) in [4.78, 5) is 33.9. The van der Waals surface area contributed by atoms with Gasteiger partial charge in [-0.2, -0.15) is 0 Å². The van der Waals surface area contributed by atoms with Crippen LogP contribution < -0.4 is 21.3 Å². The number of amides is 1. The first-order valence-electron chi connectivity index (χ1n) is 12.0. The minimum Gasteiger partial charge on any atom is -0.493 e. The van der Waals surface area contributed by atoms with Crippen LogP contribution >= 0.6 is 0 Å². The molecule has 1 aliphatic heterocycles. The lowest BCUT2D eigenvalue weighted by Crippen LogP contribution is -2.43. The highest BCUT2D eigenvalue weighted by molar-refractivity contribution is 5.76. The van der Waals surface area contributed by atoms with E-state index in [2.05, 4.69) is 16.6 Å². The number of nitrogens with one attached hydrogen (secondary N) is 1. The van der Waals surface area contributed by atoms with Crippen molar-refractivity contribution in [2.45, 2.75) is 70.9 Å². The molecule has 2 aromatic rings. The number of hydrogen-bond donors (Lipinski definition) is 2. The van der Waals surface area contributed by atoms with Crippen LogP contribution in [0.3, 0.4) is 0 Å². The van der Waals surface area contributed by atoms with Crippen molar-refractivity contribution in [3.63, 3.8) is 0 Å². The van der Waals surface area contributed by atoms with Crippen LogP contribution in [0.1, 0.15) is 62.5 Å². The van der Waals surface area contributed by atoms with E-state index < -0.39 is 0 Å². The summed E-state index contributed by atoms with van der Waals surface area (Å²) in [5, 5.41) is 9.79. The number of ether oxygens (including phenoxy) is 1. The summed E-state index contributed by atoms with van der Waals surface area (Å²) in [5.74, 6) is 0.925. The van der Waals surface area contributed by atoms with Gasteiger partial charge in [0.15, 0.2) is 0 Å². The van der Waals surface area contributed by atoms with Crippen LogP contribution in [0.25, 0.3) is 6.58 Å². The largest absolute Gasteiger partial charge is 0.493 e. The molecule has 1 aliphatic carbocycles. The van der Waals surface area contributed by atoms with E-state index in [9.17, 15) is 14.7 Å². The highest BCUT2D eigenvalue weighted by atomic mass is 16.5. The number of fused-ring (bicyclic) bond motifs is 2. The molecular weight excluding hydrogens is 420 g/mol. The second-order valence-electron chi connectivity index (χ2n) is 9.04. The first kappa shape index (κ1) is 23.3. The van der Waals surface area contributed by atoms with Gasteiger partial charge in [-0.25, -0.2) is 4.99 Å². The van der Waals surface area contributed by atoms with Crippen molar-refractivity contribution >= 4 is 18.2 Å². The van der Waals surface area contributed by atoms with Crippen molar-refractivity contribution in [3.8, 4) is 5.75 Å². The number of rotatable bonds is 9. The molecule has 0 atom stereocenters. The van der Waals surface area contributed by atoms with Gasteiger partial charge >= 0.3 is 0 Å². The van der Waals surface area contributed by atoms with Crippen LogP contribution in [-0.2, 0) is 11.3 Å². The molecule has 1 fully saturated rings. The number of benzene rings is 1. The average molecular weight is 455 g/mol. The van der Waals surface area contributed by atoms with E-state index in [1.807, 2.05) is 24.0 Å². The van der Waals surface area contributed by atoms with Crippen molar-refractivity contribution in [1.29, 1.82) is 0 Å². The number of carbonyl (C=O) groups is 1. The zero-order valence-corrected chi connectivity index (χ0v) is 19.4. The number of aryl methyl sites for hydroxylation is 1. The molecule has 0 unspecified atom stereocenters. The summed E-state index contributed by atoms with van der Waals surface area (Å²) in [6, 6.07) is 4.19. The Morgan fingerprint density at radius 2 is 2.09 bits per heavy atom. The summed E-state index contributed by atoms with van der Waals surface area (Å²) in [7, 11) is 0. The van der Waals surface area contributed by atoms with Crippen molar-refractivity contribution in [2.24, 2.45) is 4.99 Å². The van der Waals surface area contributed by atoms with Gasteiger partial charge in [0.05, 0.1) is 25.4 Å². The van der Waals surface area contributed by atoms with Gasteiger partial charge in [0.25, 0.3) is 5.56 Å². The highest BCUT2D eigenvalue weighted by Crippen LogP contribution is 2.33. The Hall–Kier alpha value is -2.87. The van der Waals surface area contributed by atoms with Crippen LogP contribution in [0, 0.1) is 6.92 Å². The minimum absolute atomic E-state index is 0.0124. The van der Waals surface area contributed by atoms with Crippen LogP contribution in [0.15, 0.2) is 21.9 Å². The van der Waals surface area contributed by atoms with Crippen molar-refractivity contribution in [3.05, 3.63) is 44.6 Å². The molecule has 0 bridgehead atoms. The van der Waals surface area contributed by atoms with E-state index in [1.54, 1.807) is 4.57 Å². The molecule has 178 valence electrons. The predicted molar refractivity (Wildman–Crippen MR) is 126 cm³/mol. The minimum atomic E-state index is -0.228. The summed E-state index contributed by atoms with van der Waals surface area (Å²) in [6.07, 6.45) is 7.63. The van der Waals surface area contributed by atoms with Crippen LogP contribution in [-0.4, -0.2) is 51.3 Å². The summed E-state index contributed by atoms with van der Waals surface area (Å²) in [5.41, 5.74) is 3.03. The molecule has 8 heteroatoms. The molecule has 0 saturated heterocycles. The average Bonchev–Trinajstić information content (AvgIpc) is 3.10. The van der Waals surface area contributed by atoms with Gasteiger partial charge in [-0.3, -0.25) is 14.6 Å². The Morgan fingerprint density at radius 3 is 2.85 bits per heavy atom. The predicted octanol–water partition coefficient (Wildman–Crippen LogP) is 1.91. The Labute approximate surface area is 193 Å². The fraction of sp³-hybridized carbons (Fsp3) is 0.560. The molecule has 0 spiro atoms. The number of carbonyl (C=O) groups excluding carboxylic acids is 1. The van der Waals surface area contributed by atoms with Crippen molar-refractivity contribution in [2.75, 3.05) is 19.8 Å². The molecular formula is C25H34N4O4. The number of aliphatic hydroxyl groups excluding tert-OH is 1. The maximum absolute atomic E-state index is 12.8. The molecule has 2 N–H and O–H groups in total. The second-order valence-corrected chi connectivity index (χ2v) is 9.04. The Balaban J connectivity index is 1.34. The lowest BCUT2D eigenvalue weighted by Gasteiger charge is -2.34. The molecule has 1 amide bonds. The number of aromatic nitrogens is 2. The van der Waals surface area contributed by atoms with Gasteiger partial charge in [0.1, 0.15) is 11.1 Å². The Bertz CT molecular complexity index is 1160. The first-order chi connectivity index (χ1) is 16.0. The number of hydrogen-bond acceptors (Lipinski definition) is 5. The normalized spacial score (nSPS) is 15.5. The van der Waals surface area contributed by atoms with Gasteiger partial charge in [0, 0.05) is 24.6 Å². The van der Waals surface area contributed by atoms with Crippen LogP contribution in [0.2, 0.25) is 0 Å². The zero-order chi connectivity index (χ0) is 23.4. The maximum atomic E-state index is 12.8. The number of aliphatic hydroxyl groups is 1. The maximum Gasteiger partial charge on any atom is 0.274 e. The molecule has 1 saturated carbocycles. The van der Waals surface area contributed by atoms with E-state index in [0.29, 0.717) is 37.1 Å². The van der Waals surface area contributed by atoms with Crippen LogP contribution in [0.5, 0.6) is 5.75 Å². The van der Waals surface area contributed by atoms with E-state index >= 15 is 0 Å². The van der Waals surface area contributed by atoms with E-state index in [1.165, 1.54) is 6.42 Å². The first-order valence-corrected chi connectivity index (χ1v) is 12.0. The van der Waals surface area contributed by atoms with Gasteiger partial charge in [-0.05, 0) is 44.2 Å². The molecule has 2 heterocycles. The van der Waals surface area contributed by atoms with Gasteiger partial charge < -0.3 is 19.3 Å². The molecule has 33 heavy (non-hydrogen) atoms. The third kappa shape index (κ3) is 5.05. The molecule has 1 aromatic carbocycles. The standard InChI is InChI=1S/C25H34N4O4/c1-17-11-12-21-20(16-29-18(2)24(32)27-25(29)26-21)23(17)33-15-7-6-10-22(31)28(13-14-30)19-8-4-3-5-9-19/h11-12,19,30H,2-10,13-16H2,1H3,(H,26,27,32). The summed E-state index contributed by atoms with van der Waals surface area (Å²) >= 11 is 0. The number of imidazole rings is 1. The van der Waals surface area contributed by atoms with E-state index in [4.69, 9.17) is 4.74 Å². The molecule has 4 rings (SSSR count). The fourth-order valence-corrected chi connectivity index (χ4v) is 4.92. The van der Waals surface area contributed by atoms with Crippen molar-refractivity contribution < 1.29 is 14.6 Å². The Kier molecular flexibility index (Phi) is 7.33. The molecule has 2 aliphatic rings. The molecule has 1 aromatic heterocycles. The number of unbranched alkanes of at least 4 members (excludes halogenated alkanes) is 1.